The number of carbonyl (C=O) groups excluding carboxylic acids is 1. The second kappa shape index (κ2) is 8.23. The molecule has 0 unspecified atom stereocenters. The second-order valence-corrected chi connectivity index (χ2v) is 6.36. The van der Waals surface area contributed by atoms with Crippen LogP contribution in [0.1, 0.15) is 18.4 Å². The Morgan fingerprint density at radius 2 is 1.89 bits per heavy atom. The normalized spacial score (nSPS) is 17.0. The van der Waals surface area contributed by atoms with Crippen molar-refractivity contribution >= 4 is 5.97 Å². The van der Waals surface area contributed by atoms with Gasteiger partial charge in [0.1, 0.15) is 0 Å². The largest absolute Gasteiger partial charge is 1.00 e. The van der Waals surface area contributed by atoms with E-state index in [0.29, 0.717) is 6.61 Å². The van der Waals surface area contributed by atoms with Crippen LogP contribution >= 0.6 is 0 Å². The van der Waals surface area contributed by atoms with Crippen molar-refractivity contribution in [2.45, 2.75) is 19.4 Å². The number of ether oxygens (including phenoxy) is 1. The van der Waals surface area contributed by atoms with Gasteiger partial charge in [0.25, 0.3) is 0 Å². The Morgan fingerprint density at radius 3 is 2.50 bits per heavy atom. The van der Waals surface area contributed by atoms with Crippen molar-refractivity contribution in [3.8, 4) is 0 Å². The summed E-state index contributed by atoms with van der Waals surface area (Å²) in [5.74, 6) is 0.0865. The maximum atomic E-state index is 11.8. The zero-order chi connectivity index (χ0) is 12.1. The summed E-state index contributed by atoms with van der Waals surface area (Å²) in [6.07, 6.45) is 1.90. The Morgan fingerprint density at radius 1 is 1.28 bits per heavy atom. The van der Waals surface area contributed by atoms with Crippen molar-refractivity contribution in [3.05, 3.63) is 35.9 Å². The molecule has 5 heteroatoms. The molecule has 1 saturated heterocycles. The first-order valence-corrected chi connectivity index (χ1v) is 7.34. The van der Waals surface area contributed by atoms with E-state index in [1.54, 1.807) is 0 Å². The average Bonchev–Trinajstić information content (AvgIpc) is 2.38. The van der Waals surface area contributed by atoms with Crippen LogP contribution in [0.4, 0.5) is 0 Å². The van der Waals surface area contributed by atoms with Gasteiger partial charge < -0.3 is 24.0 Å². The van der Waals surface area contributed by atoms with E-state index in [1.807, 2.05) is 30.3 Å². The predicted molar refractivity (Wildman–Crippen MR) is 60.5 cm³/mol. The first-order chi connectivity index (χ1) is 8.25. The van der Waals surface area contributed by atoms with Crippen LogP contribution in [0.25, 0.3) is 0 Å². The quantitative estimate of drug-likeness (QED) is 0.360. The van der Waals surface area contributed by atoms with Crippen molar-refractivity contribution in [1.82, 2.24) is 3.64 Å². The van der Waals surface area contributed by atoms with E-state index in [1.165, 1.54) is 18.5 Å². The monoisotopic (exact) mass is 409 g/mol. The molecule has 0 saturated carbocycles. The van der Waals surface area contributed by atoms with Gasteiger partial charge in [-0.25, -0.2) is 0 Å². The molecule has 3 nitrogen and oxygen atoms in total. The molecule has 1 aromatic rings. The van der Waals surface area contributed by atoms with Gasteiger partial charge in [-0.2, -0.15) is 0 Å². The molecular weight excluding hydrogens is 394 g/mol. The van der Waals surface area contributed by atoms with Crippen LogP contribution in [-0.4, -0.2) is 22.7 Å². The van der Waals surface area contributed by atoms with Gasteiger partial charge in [-0.15, -0.1) is 0 Å². The fourth-order valence-corrected chi connectivity index (χ4v) is 2.78. The molecule has 0 aromatic heterocycles. The van der Waals surface area contributed by atoms with Crippen molar-refractivity contribution in [1.29, 1.82) is 0 Å². The van der Waals surface area contributed by atoms with Crippen LogP contribution in [0.15, 0.2) is 30.3 Å². The molecule has 0 N–H and O–H groups in total. The van der Waals surface area contributed by atoms with Crippen molar-refractivity contribution in [3.63, 3.8) is 0 Å². The van der Waals surface area contributed by atoms with Gasteiger partial charge in [0.05, 0.1) is 0 Å². The molecule has 18 heavy (non-hydrogen) atoms. The topological polar surface area (TPSA) is 29.5 Å². The van der Waals surface area contributed by atoms with Gasteiger partial charge in [0.15, 0.2) is 0 Å². The standard InChI is InChI=1S/C13H16NO2.HI.Zn/c15-13(12-6-8-14-9-7-12)16-10-11-4-2-1-3-5-11;;/h1-5,12H,6-10H2;1H;/q-1;;+2/p-1. The summed E-state index contributed by atoms with van der Waals surface area (Å²) in [5, 5.41) is 0. The third-order valence-electron chi connectivity index (χ3n) is 3.14. The molecule has 1 aliphatic heterocycles. The fraction of sp³-hybridized carbons (Fsp3) is 0.462. The molecule has 0 atom stereocenters. The first kappa shape index (κ1) is 16.1. The van der Waals surface area contributed by atoms with Crippen LogP contribution in [0, 0.1) is 5.92 Å². The van der Waals surface area contributed by atoms with Crippen molar-refractivity contribution in [2.75, 3.05) is 13.1 Å². The number of nitrogens with zero attached hydrogens (tertiary/aromatic N) is 1. The Bertz CT molecular complexity index is 367. The fourth-order valence-electron chi connectivity index (χ4n) is 2.02. The summed E-state index contributed by atoms with van der Waals surface area (Å²) in [6.45, 7) is 2.50. The van der Waals surface area contributed by atoms with E-state index in [0.717, 1.165) is 31.5 Å². The van der Waals surface area contributed by atoms with Crippen LogP contribution < -0.4 is 24.0 Å². The Hall–Kier alpha value is 0.00338. The zero-order valence-corrected chi connectivity index (χ0v) is 15.5. The summed E-state index contributed by atoms with van der Waals surface area (Å²) in [7, 11) is 0. The van der Waals surface area contributed by atoms with Crippen LogP contribution in [0.2, 0.25) is 0 Å². The maximum absolute atomic E-state index is 11.8. The van der Waals surface area contributed by atoms with Crippen LogP contribution in [0.3, 0.4) is 0 Å². The predicted octanol–water partition coefficient (Wildman–Crippen LogP) is -1.09. The average molecular weight is 411 g/mol. The molecule has 0 spiro atoms. The molecular formula is C13H16INO2Zn. The number of benzene rings is 1. The molecule has 1 aromatic carbocycles. The molecule has 0 bridgehead atoms. The minimum atomic E-state index is -0.0260. The van der Waals surface area contributed by atoms with E-state index in [2.05, 4.69) is 3.64 Å². The molecule has 94 valence electrons. The van der Waals surface area contributed by atoms with Crippen LogP contribution in [0.5, 0.6) is 0 Å². The summed E-state index contributed by atoms with van der Waals surface area (Å²) in [5.41, 5.74) is 1.06. The second-order valence-electron chi connectivity index (χ2n) is 4.49. The molecule has 1 fully saturated rings. The molecule has 2 rings (SSSR count). The van der Waals surface area contributed by atoms with E-state index >= 15 is 0 Å². The third kappa shape index (κ3) is 4.94. The van der Waals surface area contributed by atoms with Crippen molar-refractivity contribution < 1.29 is 52.0 Å². The number of carbonyl (C=O) groups is 1. The molecule has 1 aliphatic rings. The molecule has 0 radical (unpaired) electrons. The van der Waals surface area contributed by atoms with Gasteiger partial charge in [-0.05, 0) is 0 Å². The molecule has 0 amide bonds. The zero-order valence-electron chi connectivity index (χ0n) is 10.3. The van der Waals surface area contributed by atoms with Gasteiger partial charge >= 0.3 is 112 Å². The number of rotatable bonds is 3. The van der Waals surface area contributed by atoms with E-state index in [4.69, 9.17) is 4.74 Å². The summed E-state index contributed by atoms with van der Waals surface area (Å²) in [6, 6.07) is 9.84. The van der Waals surface area contributed by atoms with Crippen molar-refractivity contribution in [2.24, 2.45) is 5.92 Å². The van der Waals surface area contributed by atoms with Gasteiger partial charge in [-0.1, -0.05) is 0 Å². The van der Waals surface area contributed by atoms with E-state index in [9.17, 15) is 4.79 Å². The minimum absolute atomic E-state index is 0. The molecule has 0 aliphatic carbocycles. The third-order valence-corrected chi connectivity index (χ3v) is 4.47. The number of hydrogen-bond acceptors (Lipinski definition) is 3. The minimum Gasteiger partial charge on any atom is -1.00 e. The van der Waals surface area contributed by atoms with Gasteiger partial charge in [-0.3, -0.25) is 0 Å². The number of hydrogen-bond donors (Lipinski definition) is 0. The smallest absolute Gasteiger partial charge is 1.00 e. The Labute approximate surface area is 135 Å². The maximum Gasteiger partial charge on any atom is -1.00 e. The molecule has 1 heterocycles. The SMILES string of the molecule is O=C(OCc1ccccc1)C1CC[N]([Zn+])CC1.[I-]. The van der Waals surface area contributed by atoms with E-state index < -0.39 is 0 Å². The first-order valence-electron chi connectivity index (χ1n) is 6.02. The number of esters is 1. The Balaban J connectivity index is 0.00000162. The van der Waals surface area contributed by atoms with Crippen LogP contribution in [-0.2, 0) is 34.7 Å². The summed E-state index contributed by atoms with van der Waals surface area (Å²) >= 11 is 1.20. The number of halogens is 1. The van der Waals surface area contributed by atoms with E-state index in [-0.39, 0.29) is 35.9 Å². The van der Waals surface area contributed by atoms with Gasteiger partial charge in [0.2, 0.25) is 0 Å². The summed E-state index contributed by atoms with van der Waals surface area (Å²) in [4.78, 5) is 11.8. The Kier molecular flexibility index (Phi) is 7.34. The summed E-state index contributed by atoms with van der Waals surface area (Å²) < 4.78 is 7.73. The number of piperidine rings is 1. The van der Waals surface area contributed by atoms with Gasteiger partial charge in [0, 0.05) is 0 Å².